The maximum Gasteiger partial charge on any atom is 0.320 e. The Kier molecular flexibility index (Phi) is 6.15. The van der Waals surface area contributed by atoms with E-state index in [1.165, 1.54) is 44.9 Å². The minimum Gasteiger partial charge on any atom is -0.465 e. The normalized spacial score (nSPS) is 20.7. The molecule has 0 aromatic heterocycles. The van der Waals surface area contributed by atoms with Crippen molar-refractivity contribution >= 4 is 5.97 Å². The fraction of sp³-hybridized carbons (Fsp3) is 0.938. The summed E-state index contributed by atoms with van der Waals surface area (Å²) in [5, 5.41) is 0. The van der Waals surface area contributed by atoms with Gasteiger partial charge in [-0.1, -0.05) is 32.6 Å². The van der Waals surface area contributed by atoms with E-state index >= 15 is 0 Å². The molecule has 2 fully saturated rings. The number of hydrogen-bond acceptors (Lipinski definition) is 3. The lowest BCUT2D eigenvalue weighted by Crippen LogP contribution is -2.42. The first-order valence-corrected chi connectivity index (χ1v) is 8.19. The molecule has 0 atom stereocenters. The van der Waals surface area contributed by atoms with E-state index in [4.69, 9.17) is 4.74 Å². The molecule has 110 valence electrons. The highest BCUT2D eigenvalue weighted by Crippen LogP contribution is 2.32. The second-order valence-corrected chi connectivity index (χ2v) is 6.24. The topological polar surface area (TPSA) is 29.5 Å². The summed E-state index contributed by atoms with van der Waals surface area (Å²) in [6.07, 6.45) is 11.4. The molecule has 0 aromatic carbocycles. The molecule has 0 heterocycles. The third-order valence-corrected chi connectivity index (χ3v) is 4.37. The maximum atomic E-state index is 11.9. The van der Waals surface area contributed by atoms with Crippen LogP contribution in [0.4, 0.5) is 0 Å². The minimum atomic E-state index is -0.0142. The Morgan fingerprint density at radius 3 is 2.53 bits per heavy atom. The van der Waals surface area contributed by atoms with Gasteiger partial charge in [0.25, 0.3) is 0 Å². The number of carbonyl (C=O) groups excluding carboxylic acids is 1. The van der Waals surface area contributed by atoms with E-state index < -0.39 is 0 Å². The molecule has 0 aromatic rings. The van der Waals surface area contributed by atoms with Gasteiger partial charge in [-0.2, -0.15) is 0 Å². The fourth-order valence-corrected chi connectivity index (χ4v) is 2.96. The van der Waals surface area contributed by atoms with Crippen molar-refractivity contribution in [1.82, 2.24) is 4.90 Å². The van der Waals surface area contributed by atoms with Gasteiger partial charge in [0.05, 0.1) is 13.2 Å². The van der Waals surface area contributed by atoms with Crippen LogP contribution in [0.25, 0.3) is 0 Å². The molecule has 0 aliphatic heterocycles. The molecule has 2 aliphatic carbocycles. The predicted octanol–water partition coefficient (Wildman–Crippen LogP) is 3.37. The Labute approximate surface area is 117 Å². The van der Waals surface area contributed by atoms with Crippen molar-refractivity contribution in [2.75, 3.05) is 19.7 Å². The number of unbranched alkanes of at least 4 members (excludes halogenated alkanes) is 1. The summed E-state index contributed by atoms with van der Waals surface area (Å²) >= 11 is 0. The predicted molar refractivity (Wildman–Crippen MR) is 77.0 cm³/mol. The van der Waals surface area contributed by atoms with Crippen LogP contribution >= 0.6 is 0 Å². The molecule has 2 saturated carbocycles. The second kappa shape index (κ2) is 7.88. The quantitative estimate of drug-likeness (QED) is 0.499. The highest BCUT2D eigenvalue weighted by atomic mass is 16.5. The van der Waals surface area contributed by atoms with Crippen LogP contribution in [-0.4, -0.2) is 36.6 Å². The number of esters is 1. The third-order valence-electron chi connectivity index (χ3n) is 4.37. The van der Waals surface area contributed by atoms with Crippen LogP contribution in [0, 0.1) is 5.92 Å². The van der Waals surface area contributed by atoms with Gasteiger partial charge in [-0.15, -0.1) is 0 Å². The van der Waals surface area contributed by atoms with Gasteiger partial charge in [-0.3, -0.25) is 9.69 Å². The van der Waals surface area contributed by atoms with E-state index in [1.54, 1.807) is 0 Å². The summed E-state index contributed by atoms with van der Waals surface area (Å²) in [5.74, 6) is 0.838. The van der Waals surface area contributed by atoms with Gasteiger partial charge in [-0.05, 0) is 38.0 Å². The Bertz CT molecular complexity index is 270. The Morgan fingerprint density at radius 2 is 1.89 bits per heavy atom. The summed E-state index contributed by atoms with van der Waals surface area (Å²) in [5.41, 5.74) is 0. The SMILES string of the molecule is CCCCOC(=O)CN(CC1CC1)C1CCCCC1. The molecular weight excluding hydrogens is 238 g/mol. The minimum absolute atomic E-state index is 0.0142. The van der Waals surface area contributed by atoms with Crippen molar-refractivity contribution in [3.63, 3.8) is 0 Å². The molecule has 0 amide bonds. The Hall–Kier alpha value is -0.570. The molecule has 3 nitrogen and oxygen atoms in total. The number of rotatable bonds is 8. The van der Waals surface area contributed by atoms with Gasteiger partial charge in [0.1, 0.15) is 0 Å². The van der Waals surface area contributed by atoms with E-state index in [2.05, 4.69) is 11.8 Å². The monoisotopic (exact) mass is 267 g/mol. The van der Waals surface area contributed by atoms with Crippen molar-refractivity contribution in [3.8, 4) is 0 Å². The van der Waals surface area contributed by atoms with Crippen molar-refractivity contribution in [2.45, 2.75) is 70.8 Å². The molecular formula is C16H29NO2. The van der Waals surface area contributed by atoms with E-state index in [9.17, 15) is 4.79 Å². The molecule has 0 bridgehead atoms. The first-order chi connectivity index (χ1) is 9.29. The lowest BCUT2D eigenvalue weighted by Gasteiger charge is -2.33. The highest BCUT2D eigenvalue weighted by molar-refractivity contribution is 5.71. The van der Waals surface area contributed by atoms with Crippen molar-refractivity contribution in [3.05, 3.63) is 0 Å². The summed E-state index contributed by atoms with van der Waals surface area (Å²) in [4.78, 5) is 14.3. The zero-order chi connectivity index (χ0) is 13.5. The summed E-state index contributed by atoms with van der Waals surface area (Å²) in [7, 11) is 0. The van der Waals surface area contributed by atoms with E-state index in [1.807, 2.05) is 0 Å². The Morgan fingerprint density at radius 1 is 1.16 bits per heavy atom. The molecule has 3 heteroatoms. The van der Waals surface area contributed by atoms with Crippen LogP contribution in [-0.2, 0) is 9.53 Å². The molecule has 0 unspecified atom stereocenters. The molecule has 2 rings (SSSR count). The fourth-order valence-electron chi connectivity index (χ4n) is 2.96. The zero-order valence-corrected chi connectivity index (χ0v) is 12.4. The second-order valence-electron chi connectivity index (χ2n) is 6.24. The van der Waals surface area contributed by atoms with E-state index in [-0.39, 0.29) is 5.97 Å². The van der Waals surface area contributed by atoms with Gasteiger partial charge in [-0.25, -0.2) is 0 Å². The van der Waals surface area contributed by atoms with Crippen molar-refractivity contribution < 1.29 is 9.53 Å². The number of hydrogen-bond donors (Lipinski definition) is 0. The molecule has 19 heavy (non-hydrogen) atoms. The first kappa shape index (κ1) is 14.8. The standard InChI is InChI=1S/C16H29NO2/c1-2-3-11-19-16(18)13-17(12-14-9-10-14)15-7-5-4-6-8-15/h14-15H,2-13H2,1H3. The number of ether oxygens (including phenoxy) is 1. The van der Waals surface area contributed by atoms with Crippen LogP contribution in [0.5, 0.6) is 0 Å². The van der Waals surface area contributed by atoms with Crippen LogP contribution < -0.4 is 0 Å². The lowest BCUT2D eigenvalue weighted by atomic mass is 9.94. The largest absolute Gasteiger partial charge is 0.465 e. The molecule has 0 saturated heterocycles. The van der Waals surface area contributed by atoms with E-state index in [0.29, 0.717) is 19.2 Å². The summed E-state index contributed by atoms with van der Waals surface area (Å²) < 4.78 is 5.33. The van der Waals surface area contributed by atoms with Crippen LogP contribution in [0.1, 0.15) is 64.7 Å². The van der Waals surface area contributed by atoms with Crippen LogP contribution in [0.15, 0.2) is 0 Å². The first-order valence-electron chi connectivity index (χ1n) is 8.19. The number of nitrogens with zero attached hydrogens (tertiary/aromatic N) is 1. The van der Waals surface area contributed by atoms with Crippen LogP contribution in [0.2, 0.25) is 0 Å². The summed E-state index contributed by atoms with van der Waals surface area (Å²) in [6.45, 7) is 4.35. The molecule has 2 aliphatic rings. The van der Waals surface area contributed by atoms with Gasteiger partial charge in [0.2, 0.25) is 0 Å². The van der Waals surface area contributed by atoms with E-state index in [0.717, 1.165) is 25.3 Å². The van der Waals surface area contributed by atoms with Gasteiger partial charge >= 0.3 is 5.97 Å². The summed E-state index contributed by atoms with van der Waals surface area (Å²) in [6, 6.07) is 0.632. The maximum absolute atomic E-state index is 11.9. The Balaban J connectivity index is 1.76. The van der Waals surface area contributed by atoms with Crippen molar-refractivity contribution in [2.24, 2.45) is 5.92 Å². The highest BCUT2D eigenvalue weighted by Gasteiger charge is 2.30. The average molecular weight is 267 g/mol. The smallest absolute Gasteiger partial charge is 0.320 e. The molecule has 0 spiro atoms. The van der Waals surface area contributed by atoms with Gasteiger partial charge < -0.3 is 4.74 Å². The molecule has 0 N–H and O–H groups in total. The van der Waals surface area contributed by atoms with Gasteiger partial charge in [0, 0.05) is 12.6 Å². The van der Waals surface area contributed by atoms with Crippen molar-refractivity contribution in [1.29, 1.82) is 0 Å². The number of carbonyl (C=O) groups is 1. The van der Waals surface area contributed by atoms with Gasteiger partial charge in [0.15, 0.2) is 0 Å². The zero-order valence-electron chi connectivity index (χ0n) is 12.4. The lowest BCUT2D eigenvalue weighted by molar-refractivity contribution is -0.146. The molecule has 0 radical (unpaired) electrons. The average Bonchev–Trinajstić information content (AvgIpc) is 3.23. The van der Waals surface area contributed by atoms with Crippen LogP contribution in [0.3, 0.4) is 0 Å². The third kappa shape index (κ3) is 5.52.